The average molecular weight is 181 g/mol. The van der Waals surface area contributed by atoms with Gasteiger partial charge in [-0.15, -0.1) is 0 Å². The van der Waals surface area contributed by atoms with Crippen molar-refractivity contribution in [3.05, 3.63) is 0 Å². The van der Waals surface area contributed by atoms with Crippen LogP contribution in [0.15, 0.2) is 0 Å². The zero-order valence-electron chi connectivity index (χ0n) is 5.83. The summed E-state index contributed by atoms with van der Waals surface area (Å²) >= 11 is 0. The first-order valence-electron chi connectivity index (χ1n) is 2.87. The molecule has 0 radical (unpaired) electrons. The molecule has 1 heterocycles. The molecule has 0 N–H and O–H groups in total. The number of hydrogen-bond acceptors (Lipinski definition) is 3. The Morgan fingerprint density at radius 2 is 2.40 bits per heavy atom. The van der Waals surface area contributed by atoms with Gasteiger partial charge in [-0.3, -0.25) is 9.46 Å². The van der Waals surface area contributed by atoms with E-state index in [2.05, 4.69) is 9.39 Å². The van der Waals surface area contributed by atoms with E-state index in [9.17, 15) is 4.79 Å². The number of esters is 1. The standard InChI is InChI=1S/C5H10NO2P.H2S/c1-4-3-8-5(7)2-6(4)9;/h4H,2-3,9H2,1H3;1H2/t4-;/m0./s1. The third-order valence-electron chi connectivity index (χ3n) is 1.36. The zero-order valence-corrected chi connectivity index (χ0v) is 7.99. The third kappa shape index (κ3) is 2.45. The highest BCUT2D eigenvalue weighted by Gasteiger charge is 2.20. The second-order valence-corrected chi connectivity index (χ2v) is 2.87. The largest absolute Gasteiger partial charge is 0.463 e. The van der Waals surface area contributed by atoms with Crippen molar-refractivity contribution in [2.24, 2.45) is 0 Å². The maximum Gasteiger partial charge on any atom is 0.320 e. The lowest BCUT2D eigenvalue weighted by Crippen LogP contribution is -2.39. The van der Waals surface area contributed by atoms with Gasteiger partial charge in [-0.05, 0) is 6.92 Å². The van der Waals surface area contributed by atoms with Crippen molar-refractivity contribution in [3.63, 3.8) is 0 Å². The fourth-order valence-corrected chi connectivity index (χ4v) is 0.895. The quantitative estimate of drug-likeness (QED) is 0.393. The fraction of sp³-hybridized carbons (Fsp3) is 0.800. The predicted molar refractivity (Wildman–Crippen MR) is 47.2 cm³/mol. The van der Waals surface area contributed by atoms with Crippen LogP contribution in [0.1, 0.15) is 6.92 Å². The molecular weight excluding hydrogens is 169 g/mol. The summed E-state index contributed by atoms with van der Waals surface area (Å²) < 4.78 is 6.66. The normalized spacial score (nSPS) is 27.0. The summed E-state index contributed by atoms with van der Waals surface area (Å²) in [6.07, 6.45) is 0. The van der Waals surface area contributed by atoms with E-state index in [1.807, 2.05) is 11.6 Å². The van der Waals surface area contributed by atoms with Crippen molar-refractivity contribution in [1.82, 2.24) is 4.67 Å². The predicted octanol–water partition coefficient (Wildman–Crippen LogP) is 0.137. The Hall–Kier alpha value is 0.210. The highest BCUT2D eigenvalue weighted by Crippen LogP contribution is 2.10. The van der Waals surface area contributed by atoms with Crippen molar-refractivity contribution < 1.29 is 9.53 Å². The molecule has 1 unspecified atom stereocenters. The number of cyclic esters (lactones) is 1. The molecule has 0 aromatic rings. The minimum Gasteiger partial charge on any atom is -0.463 e. The molecule has 0 bridgehead atoms. The van der Waals surface area contributed by atoms with Gasteiger partial charge in [-0.1, -0.05) is 9.39 Å². The van der Waals surface area contributed by atoms with Crippen LogP contribution in [0.4, 0.5) is 0 Å². The molecule has 1 fully saturated rings. The molecule has 1 saturated heterocycles. The molecule has 0 amide bonds. The number of ether oxygens (including phenoxy) is 1. The van der Waals surface area contributed by atoms with E-state index < -0.39 is 0 Å². The zero-order chi connectivity index (χ0) is 6.85. The molecule has 0 aromatic carbocycles. The summed E-state index contributed by atoms with van der Waals surface area (Å²) in [6, 6.07) is 0.340. The number of carbonyl (C=O) groups excluding carboxylic acids is 1. The van der Waals surface area contributed by atoms with Crippen LogP contribution < -0.4 is 0 Å². The Morgan fingerprint density at radius 3 is 2.80 bits per heavy atom. The lowest BCUT2D eigenvalue weighted by molar-refractivity contribution is -0.150. The first-order chi connectivity index (χ1) is 4.20. The molecule has 1 aliphatic rings. The molecule has 5 heteroatoms. The van der Waals surface area contributed by atoms with Crippen LogP contribution in [0, 0.1) is 0 Å². The first kappa shape index (κ1) is 10.2. The number of hydrogen-bond donors (Lipinski definition) is 0. The Balaban J connectivity index is 0.000000810. The van der Waals surface area contributed by atoms with Crippen molar-refractivity contribution in [3.8, 4) is 0 Å². The molecule has 60 valence electrons. The van der Waals surface area contributed by atoms with Gasteiger partial charge in [-0.25, -0.2) is 0 Å². The van der Waals surface area contributed by atoms with E-state index in [1.54, 1.807) is 0 Å². The molecule has 0 spiro atoms. The van der Waals surface area contributed by atoms with E-state index in [1.165, 1.54) is 0 Å². The maximum atomic E-state index is 10.5. The molecule has 0 aliphatic carbocycles. The minimum atomic E-state index is -0.136. The average Bonchev–Trinajstić information content (AvgIpc) is 1.80. The van der Waals surface area contributed by atoms with Crippen LogP contribution in [0.3, 0.4) is 0 Å². The fourth-order valence-electron chi connectivity index (χ4n) is 0.660. The van der Waals surface area contributed by atoms with Gasteiger partial charge in [0, 0.05) is 6.04 Å². The van der Waals surface area contributed by atoms with E-state index in [-0.39, 0.29) is 19.5 Å². The van der Waals surface area contributed by atoms with Crippen molar-refractivity contribution >= 4 is 28.9 Å². The van der Waals surface area contributed by atoms with E-state index in [0.717, 1.165) is 0 Å². The van der Waals surface area contributed by atoms with Gasteiger partial charge in [0.05, 0.1) is 0 Å². The summed E-state index contributed by atoms with van der Waals surface area (Å²) in [5.41, 5.74) is 0. The molecular formula is C5H12NO2PS. The van der Waals surface area contributed by atoms with Gasteiger partial charge in [0.1, 0.15) is 13.2 Å². The lowest BCUT2D eigenvalue weighted by atomic mass is 10.3. The molecule has 10 heavy (non-hydrogen) atoms. The number of carbonyl (C=O) groups is 1. The summed E-state index contributed by atoms with van der Waals surface area (Å²) in [7, 11) is 2.50. The molecule has 0 saturated carbocycles. The van der Waals surface area contributed by atoms with Crippen LogP contribution >= 0.6 is 22.9 Å². The van der Waals surface area contributed by atoms with Crippen LogP contribution in [0.5, 0.6) is 0 Å². The van der Waals surface area contributed by atoms with Crippen LogP contribution in [-0.2, 0) is 9.53 Å². The van der Waals surface area contributed by atoms with Crippen LogP contribution in [0.25, 0.3) is 0 Å². The summed E-state index contributed by atoms with van der Waals surface area (Å²) in [4.78, 5) is 10.5. The molecule has 1 rings (SSSR count). The second-order valence-electron chi connectivity index (χ2n) is 2.20. The highest BCUT2D eigenvalue weighted by molar-refractivity contribution is 7.59. The SMILES string of the molecule is C[C@H]1COC(=O)CN1P.S. The maximum absolute atomic E-state index is 10.5. The monoisotopic (exact) mass is 181 g/mol. The van der Waals surface area contributed by atoms with Gasteiger partial charge in [0.2, 0.25) is 0 Å². The van der Waals surface area contributed by atoms with Gasteiger partial charge in [0.15, 0.2) is 0 Å². The number of morpholine rings is 1. The summed E-state index contributed by atoms with van der Waals surface area (Å²) in [5.74, 6) is -0.136. The van der Waals surface area contributed by atoms with Crippen molar-refractivity contribution in [1.29, 1.82) is 0 Å². The van der Waals surface area contributed by atoms with Gasteiger partial charge in [-0.2, -0.15) is 13.5 Å². The van der Waals surface area contributed by atoms with Gasteiger partial charge in [0.25, 0.3) is 0 Å². The smallest absolute Gasteiger partial charge is 0.320 e. The molecule has 0 aromatic heterocycles. The highest BCUT2D eigenvalue weighted by atomic mass is 32.1. The van der Waals surface area contributed by atoms with Crippen molar-refractivity contribution in [2.45, 2.75) is 13.0 Å². The Labute approximate surface area is 69.8 Å². The topological polar surface area (TPSA) is 29.5 Å². The first-order valence-corrected chi connectivity index (χ1v) is 3.39. The van der Waals surface area contributed by atoms with Crippen molar-refractivity contribution in [2.75, 3.05) is 13.2 Å². The Bertz CT molecular complexity index is 133. The minimum absolute atomic E-state index is 0. The molecule has 3 nitrogen and oxygen atoms in total. The van der Waals surface area contributed by atoms with Crippen LogP contribution in [0.2, 0.25) is 0 Å². The summed E-state index contributed by atoms with van der Waals surface area (Å²) in [6.45, 7) is 2.92. The molecule has 2 atom stereocenters. The van der Waals surface area contributed by atoms with E-state index >= 15 is 0 Å². The Morgan fingerprint density at radius 1 is 1.80 bits per heavy atom. The van der Waals surface area contributed by atoms with E-state index in [4.69, 9.17) is 4.74 Å². The van der Waals surface area contributed by atoms with Crippen LogP contribution in [-0.4, -0.2) is 29.8 Å². The second kappa shape index (κ2) is 4.16. The Kier molecular flexibility index (Phi) is 4.25. The lowest BCUT2D eigenvalue weighted by Gasteiger charge is -2.27. The summed E-state index contributed by atoms with van der Waals surface area (Å²) in [5, 5.41) is 0. The molecule has 1 aliphatic heterocycles. The van der Waals surface area contributed by atoms with Gasteiger partial charge < -0.3 is 4.74 Å². The van der Waals surface area contributed by atoms with Gasteiger partial charge >= 0.3 is 5.97 Å². The number of nitrogens with zero attached hydrogens (tertiary/aromatic N) is 1. The number of rotatable bonds is 0. The van der Waals surface area contributed by atoms with E-state index in [0.29, 0.717) is 19.2 Å². The third-order valence-corrected chi connectivity index (χ3v) is 2.05.